The number of nitrogens with two attached hydrogens (primary N) is 1. The maximum Gasteiger partial charge on any atom is 0.0399 e. The van der Waals surface area contributed by atoms with Gasteiger partial charge < -0.3 is 10.6 Å². The van der Waals surface area contributed by atoms with Crippen molar-refractivity contribution in [1.29, 1.82) is 0 Å². The van der Waals surface area contributed by atoms with Crippen LogP contribution in [0.15, 0.2) is 18.2 Å². The van der Waals surface area contributed by atoms with Crippen LogP contribution in [0.1, 0.15) is 43.7 Å². The molecule has 1 aliphatic carbocycles. The van der Waals surface area contributed by atoms with E-state index in [1.807, 2.05) is 0 Å². The van der Waals surface area contributed by atoms with Crippen molar-refractivity contribution < 1.29 is 0 Å². The zero-order valence-corrected chi connectivity index (χ0v) is 11.9. The van der Waals surface area contributed by atoms with Crippen molar-refractivity contribution >= 4 is 5.69 Å². The second kappa shape index (κ2) is 5.75. The van der Waals surface area contributed by atoms with Gasteiger partial charge in [0.15, 0.2) is 0 Å². The molecule has 1 aromatic carbocycles. The fraction of sp³-hybridized carbons (Fsp3) is 0.625. The predicted molar refractivity (Wildman–Crippen MR) is 79.2 cm³/mol. The van der Waals surface area contributed by atoms with Gasteiger partial charge in [-0.15, -0.1) is 0 Å². The molecule has 1 atom stereocenters. The molecule has 2 N–H and O–H groups in total. The zero-order chi connectivity index (χ0) is 13.1. The molecule has 1 fully saturated rings. The molecule has 1 aromatic rings. The van der Waals surface area contributed by atoms with Crippen LogP contribution in [0.3, 0.4) is 0 Å². The van der Waals surface area contributed by atoms with Gasteiger partial charge in [0.05, 0.1) is 0 Å². The molecule has 18 heavy (non-hydrogen) atoms. The summed E-state index contributed by atoms with van der Waals surface area (Å²) in [6.07, 6.45) is 6.09. The molecule has 0 aromatic heterocycles. The van der Waals surface area contributed by atoms with Crippen LogP contribution in [-0.2, 0) is 6.42 Å². The number of aryl methyl sites for hydroxylation is 1. The molecule has 0 amide bonds. The highest BCUT2D eigenvalue weighted by molar-refractivity contribution is 5.55. The van der Waals surface area contributed by atoms with Crippen LogP contribution in [0.4, 0.5) is 5.69 Å². The molecule has 2 heteroatoms. The van der Waals surface area contributed by atoms with Gasteiger partial charge in [-0.3, -0.25) is 0 Å². The Morgan fingerprint density at radius 1 is 1.39 bits per heavy atom. The molecule has 0 saturated heterocycles. The molecule has 2 rings (SSSR count). The molecular formula is C16H26N2. The first kappa shape index (κ1) is 13.4. The van der Waals surface area contributed by atoms with Crippen LogP contribution in [0.5, 0.6) is 0 Å². The Kier molecular flexibility index (Phi) is 4.28. The fourth-order valence-corrected chi connectivity index (χ4v) is 2.62. The van der Waals surface area contributed by atoms with E-state index < -0.39 is 0 Å². The summed E-state index contributed by atoms with van der Waals surface area (Å²) in [6.45, 7) is 4.32. The van der Waals surface area contributed by atoms with Crippen LogP contribution in [-0.4, -0.2) is 19.1 Å². The summed E-state index contributed by atoms with van der Waals surface area (Å²) in [7, 11) is 2.23. The lowest BCUT2D eigenvalue weighted by atomic mass is 9.90. The topological polar surface area (TPSA) is 29.3 Å². The van der Waals surface area contributed by atoms with Crippen molar-refractivity contribution in [2.75, 3.05) is 11.9 Å². The van der Waals surface area contributed by atoms with Gasteiger partial charge in [0.25, 0.3) is 0 Å². The summed E-state index contributed by atoms with van der Waals surface area (Å²) >= 11 is 0. The van der Waals surface area contributed by atoms with Gasteiger partial charge in [-0.1, -0.05) is 24.6 Å². The van der Waals surface area contributed by atoms with Crippen LogP contribution in [0.2, 0.25) is 0 Å². The molecule has 0 spiro atoms. The minimum Gasteiger partial charge on any atom is -0.371 e. The van der Waals surface area contributed by atoms with Crippen molar-refractivity contribution in [1.82, 2.24) is 0 Å². The third-order valence-electron chi connectivity index (χ3n) is 4.24. The summed E-state index contributed by atoms with van der Waals surface area (Å²) in [5.41, 5.74) is 10.3. The van der Waals surface area contributed by atoms with Gasteiger partial charge >= 0.3 is 0 Å². The Bertz CT molecular complexity index is 396. The van der Waals surface area contributed by atoms with Crippen LogP contribution in [0, 0.1) is 6.92 Å². The fourth-order valence-electron chi connectivity index (χ4n) is 2.62. The summed E-state index contributed by atoms with van der Waals surface area (Å²) in [5.74, 6) is 0. The van der Waals surface area contributed by atoms with E-state index in [2.05, 4.69) is 44.0 Å². The predicted octanol–water partition coefficient (Wildman–Crippen LogP) is 3.26. The van der Waals surface area contributed by atoms with E-state index in [0.717, 1.165) is 18.9 Å². The van der Waals surface area contributed by atoms with Gasteiger partial charge in [-0.05, 0) is 50.7 Å². The molecule has 0 bridgehead atoms. The molecule has 1 saturated carbocycles. The first-order valence-electron chi connectivity index (χ1n) is 7.19. The van der Waals surface area contributed by atoms with Crippen molar-refractivity contribution in [2.45, 2.75) is 58.0 Å². The summed E-state index contributed by atoms with van der Waals surface area (Å²) in [4.78, 5) is 2.46. The highest BCUT2D eigenvalue weighted by Crippen LogP contribution is 2.31. The van der Waals surface area contributed by atoms with Crippen LogP contribution < -0.4 is 10.6 Å². The first-order chi connectivity index (χ1) is 8.61. The Labute approximate surface area is 111 Å². The number of nitrogens with zero attached hydrogens (tertiary/aromatic N) is 1. The number of hydrogen-bond donors (Lipinski definition) is 1. The molecule has 2 nitrogen and oxygen atoms in total. The van der Waals surface area contributed by atoms with Gasteiger partial charge in [-0.25, -0.2) is 0 Å². The summed E-state index contributed by atoms with van der Waals surface area (Å²) in [5, 5.41) is 0. The normalized spacial score (nSPS) is 17.3. The average Bonchev–Trinajstić information content (AvgIpc) is 2.26. The van der Waals surface area contributed by atoms with Crippen molar-refractivity contribution in [3.05, 3.63) is 29.3 Å². The lowest BCUT2D eigenvalue weighted by Gasteiger charge is -2.37. The molecule has 100 valence electrons. The third kappa shape index (κ3) is 2.86. The Morgan fingerprint density at radius 2 is 2.11 bits per heavy atom. The molecule has 1 unspecified atom stereocenters. The molecule has 0 aliphatic heterocycles. The number of rotatable bonds is 5. The second-order valence-electron chi connectivity index (χ2n) is 5.70. The molecule has 0 heterocycles. The molecule has 1 aliphatic rings. The van der Waals surface area contributed by atoms with E-state index in [0.29, 0.717) is 0 Å². The SMILES string of the molecule is CCC(N)Cc1cc(C)ccc1N(C)C1CCC1. The van der Waals surface area contributed by atoms with Gasteiger partial charge in [0.2, 0.25) is 0 Å². The lowest BCUT2D eigenvalue weighted by molar-refractivity contribution is 0.400. The monoisotopic (exact) mass is 246 g/mol. The highest BCUT2D eigenvalue weighted by Gasteiger charge is 2.23. The van der Waals surface area contributed by atoms with Gasteiger partial charge in [0, 0.05) is 24.8 Å². The highest BCUT2D eigenvalue weighted by atomic mass is 15.1. The zero-order valence-electron chi connectivity index (χ0n) is 11.9. The van der Waals surface area contributed by atoms with Gasteiger partial charge in [0.1, 0.15) is 0 Å². The summed E-state index contributed by atoms with van der Waals surface area (Å²) in [6, 6.07) is 7.81. The van der Waals surface area contributed by atoms with E-state index in [4.69, 9.17) is 5.73 Å². The second-order valence-corrected chi connectivity index (χ2v) is 5.70. The number of benzene rings is 1. The minimum atomic E-state index is 0.278. The van der Waals surface area contributed by atoms with E-state index >= 15 is 0 Å². The Balaban J connectivity index is 2.21. The smallest absolute Gasteiger partial charge is 0.0399 e. The van der Waals surface area contributed by atoms with Gasteiger partial charge in [-0.2, -0.15) is 0 Å². The van der Waals surface area contributed by atoms with E-state index in [-0.39, 0.29) is 6.04 Å². The Morgan fingerprint density at radius 3 is 2.67 bits per heavy atom. The maximum atomic E-state index is 6.13. The van der Waals surface area contributed by atoms with E-state index in [9.17, 15) is 0 Å². The van der Waals surface area contributed by atoms with Crippen molar-refractivity contribution in [2.24, 2.45) is 5.73 Å². The van der Waals surface area contributed by atoms with Crippen molar-refractivity contribution in [3.8, 4) is 0 Å². The quantitative estimate of drug-likeness (QED) is 0.864. The largest absolute Gasteiger partial charge is 0.371 e. The standard InChI is InChI=1S/C16H26N2/c1-4-14(17)11-13-10-12(2)8-9-16(13)18(3)15-6-5-7-15/h8-10,14-15H,4-7,11,17H2,1-3H3. The lowest BCUT2D eigenvalue weighted by Crippen LogP contribution is -2.38. The minimum absolute atomic E-state index is 0.278. The van der Waals surface area contributed by atoms with E-state index in [1.54, 1.807) is 0 Å². The first-order valence-corrected chi connectivity index (χ1v) is 7.19. The number of hydrogen-bond acceptors (Lipinski definition) is 2. The summed E-state index contributed by atoms with van der Waals surface area (Å²) < 4.78 is 0. The van der Waals surface area contributed by atoms with Crippen molar-refractivity contribution in [3.63, 3.8) is 0 Å². The maximum absolute atomic E-state index is 6.13. The molecule has 0 radical (unpaired) electrons. The van der Waals surface area contributed by atoms with E-state index in [1.165, 1.54) is 36.1 Å². The number of anilines is 1. The average molecular weight is 246 g/mol. The Hall–Kier alpha value is -1.02. The van der Waals surface area contributed by atoms with Crippen LogP contribution in [0.25, 0.3) is 0 Å². The third-order valence-corrected chi connectivity index (χ3v) is 4.24. The molecular weight excluding hydrogens is 220 g/mol. The van der Waals surface area contributed by atoms with Crippen LogP contribution >= 0.6 is 0 Å².